The van der Waals surface area contributed by atoms with E-state index in [0.29, 0.717) is 17.1 Å². The zero-order chi connectivity index (χ0) is 29.0. The van der Waals surface area contributed by atoms with E-state index in [0.717, 1.165) is 41.8 Å². The van der Waals surface area contributed by atoms with Crippen LogP contribution >= 0.6 is 0 Å². The molecule has 0 fully saturated rings. The molecule has 4 aromatic rings. The minimum absolute atomic E-state index is 0.00321. The van der Waals surface area contributed by atoms with Crippen molar-refractivity contribution in [3.63, 3.8) is 0 Å². The van der Waals surface area contributed by atoms with Crippen LogP contribution in [0.3, 0.4) is 0 Å². The number of fused-ring (bicyclic) bond motifs is 1. The lowest BCUT2D eigenvalue weighted by atomic mass is 10.00. The lowest BCUT2D eigenvalue weighted by Gasteiger charge is -2.24. The number of hydrogen-bond donors (Lipinski definition) is 3. The Morgan fingerprint density at radius 1 is 1.02 bits per heavy atom. The number of amides is 1. The smallest absolute Gasteiger partial charge is 0.390 e. The highest BCUT2D eigenvalue weighted by Gasteiger charge is 2.35. The number of aliphatic hydroxyl groups excluding tert-OH is 1. The molecule has 0 saturated heterocycles. The molecule has 2 unspecified atom stereocenters. The summed E-state index contributed by atoms with van der Waals surface area (Å²) in [6.07, 6.45) is -5.27. The number of carbonyl (C=O) groups is 1. The summed E-state index contributed by atoms with van der Waals surface area (Å²) in [5.74, 6) is -2.54. The molecule has 2 atom stereocenters. The van der Waals surface area contributed by atoms with Gasteiger partial charge in [0, 0.05) is 30.9 Å². The van der Waals surface area contributed by atoms with Crippen molar-refractivity contribution < 1.29 is 31.9 Å². The predicted molar refractivity (Wildman–Crippen MR) is 138 cm³/mol. The molecule has 0 aliphatic rings. The molecule has 0 aliphatic carbocycles. The van der Waals surface area contributed by atoms with Gasteiger partial charge in [-0.1, -0.05) is 31.2 Å². The van der Waals surface area contributed by atoms with Gasteiger partial charge in [-0.3, -0.25) is 4.79 Å². The molecule has 212 valence electrons. The van der Waals surface area contributed by atoms with Crippen LogP contribution < -0.4 is 10.6 Å². The van der Waals surface area contributed by atoms with Crippen LogP contribution in [-0.2, 0) is 25.6 Å². The van der Waals surface area contributed by atoms with Gasteiger partial charge in [-0.15, -0.1) is 0 Å². The van der Waals surface area contributed by atoms with Crippen molar-refractivity contribution in [3.05, 3.63) is 100 Å². The molecule has 7 nitrogen and oxygen atoms in total. The standard InChI is InChI=1S/C28H28F5N5O2/c1-3-17-5-4-6-18(8-17)14-34-15-24(39)22(11-19-9-20(29)12-21(30)10-19)36-27(40)23-13-26-35-16(2)7-25(28(31,32)33)38(26)37-23/h4-10,12-13,22,24,34,39H,3,11,14-15H2,1-2H3,(H,36,40). The van der Waals surface area contributed by atoms with Gasteiger partial charge in [-0.2, -0.15) is 18.3 Å². The molecular weight excluding hydrogens is 533 g/mol. The van der Waals surface area contributed by atoms with E-state index in [4.69, 9.17) is 0 Å². The van der Waals surface area contributed by atoms with E-state index in [9.17, 15) is 31.9 Å². The maximum Gasteiger partial charge on any atom is 0.433 e. The summed E-state index contributed by atoms with van der Waals surface area (Å²) in [5.41, 5.74) is 0.731. The highest BCUT2D eigenvalue weighted by atomic mass is 19.4. The third-order valence-corrected chi connectivity index (χ3v) is 6.32. The number of nitrogens with one attached hydrogen (secondary N) is 2. The predicted octanol–water partition coefficient (Wildman–Crippen LogP) is 4.39. The third kappa shape index (κ3) is 7.19. The van der Waals surface area contributed by atoms with Crippen LogP contribution in [0.15, 0.2) is 54.6 Å². The lowest BCUT2D eigenvalue weighted by molar-refractivity contribution is -0.142. The summed E-state index contributed by atoms with van der Waals surface area (Å²) in [4.78, 5) is 17.1. The summed E-state index contributed by atoms with van der Waals surface area (Å²) in [5, 5.41) is 20.4. The van der Waals surface area contributed by atoms with Gasteiger partial charge in [0.1, 0.15) is 17.3 Å². The van der Waals surface area contributed by atoms with Crippen LogP contribution in [-0.4, -0.2) is 44.3 Å². The number of aryl methyl sites for hydroxylation is 2. The van der Waals surface area contributed by atoms with Crippen LogP contribution in [0.1, 0.15) is 45.5 Å². The molecule has 0 radical (unpaired) electrons. The first kappa shape index (κ1) is 29.1. The molecule has 0 aliphatic heterocycles. The van der Waals surface area contributed by atoms with Crippen molar-refractivity contribution in [2.75, 3.05) is 6.54 Å². The number of carbonyl (C=O) groups excluding carboxylic acids is 1. The minimum Gasteiger partial charge on any atom is -0.390 e. The highest BCUT2D eigenvalue weighted by Crippen LogP contribution is 2.30. The number of aliphatic hydroxyl groups is 1. The van der Waals surface area contributed by atoms with Gasteiger partial charge in [0.15, 0.2) is 11.3 Å². The second-order valence-electron chi connectivity index (χ2n) is 9.51. The fraction of sp³-hybridized carbons (Fsp3) is 0.321. The van der Waals surface area contributed by atoms with Crippen molar-refractivity contribution >= 4 is 11.6 Å². The molecule has 12 heteroatoms. The quantitative estimate of drug-likeness (QED) is 0.250. The van der Waals surface area contributed by atoms with Crippen LogP contribution in [0, 0.1) is 18.6 Å². The van der Waals surface area contributed by atoms with Crippen molar-refractivity contribution in [1.29, 1.82) is 0 Å². The number of hydrogen-bond acceptors (Lipinski definition) is 5. The first-order valence-electron chi connectivity index (χ1n) is 12.6. The number of alkyl halides is 3. The topological polar surface area (TPSA) is 91.5 Å². The number of benzene rings is 2. The van der Waals surface area contributed by atoms with Crippen LogP contribution in [0.5, 0.6) is 0 Å². The van der Waals surface area contributed by atoms with Crippen LogP contribution in [0.25, 0.3) is 5.65 Å². The molecule has 40 heavy (non-hydrogen) atoms. The van der Waals surface area contributed by atoms with Crippen molar-refractivity contribution in [2.24, 2.45) is 0 Å². The van der Waals surface area contributed by atoms with Gasteiger partial charge in [0.2, 0.25) is 0 Å². The molecule has 2 aromatic heterocycles. The van der Waals surface area contributed by atoms with Crippen molar-refractivity contribution in [3.8, 4) is 0 Å². The summed E-state index contributed by atoms with van der Waals surface area (Å²) >= 11 is 0. The first-order valence-corrected chi connectivity index (χ1v) is 12.6. The van der Waals surface area contributed by atoms with E-state index < -0.39 is 41.6 Å². The fourth-order valence-corrected chi connectivity index (χ4v) is 4.39. The molecule has 0 bridgehead atoms. The van der Waals surface area contributed by atoms with Gasteiger partial charge in [-0.05, 0) is 54.7 Å². The first-order chi connectivity index (χ1) is 18.9. The van der Waals surface area contributed by atoms with Crippen molar-refractivity contribution in [1.82, 2.24) is 25.2 Å². The summed E-state index contributed by atoms with van der Waals surface area (Å²) in [7, 11) is 0. The maximum atomic E-state index is 13.8. The molecule has 2 aromatic carbocycles. The molecule has 1 amide bonds. The molecular formula is C28H28F5N5O2. The Balaban J connectivity index is 1.55. The normalized spacial score (nSPS) is 13.4. The zero-order valence-corrected chi connectivity index (χ0v) is 21.8. The number of rotatable bonds is 10. The Morgan fingerprint density at radius 3 is 2.40 bits per heavy atom. The van der Waals surface area contributed by atoms with Crippen LogP contribution in [0.2, 0.25) is 0 Å². The second-order valence-corrected chi connectivity index (χ2v) is 9.51. The van der Waals surface area contributed by atoms with E-state index in [1.165, 1.54) is 6.92 Å². The summed E-state index contributed by atoms with van der Waals surface area (Å²) in [6.45, 7) is 3.84. The van der Waals surface area contributed by atoms with E-state index in [1.54, 1.807) is 0 Å². The Morgan fingerprint density at radius 2 is 1.73 bits per heavy atom. The SMILES string of the molecule is CCc1cccc(CNCC(O)C(Cc2cc(F)cc(F)c2)NC(=O)c2cc3nc(C)cc(C(F)(F)F)n3n2)c1. The Labute approximate surface area is 227 Å². The zero-order valence-electron chi connectivity index (χ0n) is 21.8. The van der Waals surface area contributed by atoms with E-state index >= 15 is 0 Å². The average Bonchev–Trinajstić information content (AvgIpc) is 3.30. The number of halogens is 5. The molecule has 0 saturated carbocycles. The fourth-order valence-electron chi connectivity index (χ4n) is 4.39. The molecule has 3 N–H and O–H groups in total. The van der Waals surface area contributed by atoms with Gasteiger partial charge < -0.3 is 15.7 Å². The van der Waals surface area contributed by atoms with Gasteiger partial charge >= 0.3 is 6.18 Å². The number of nitrogens with zero attached hydrogens (tertiary/aromatic N) is 3. The molecule has 2 heterocycles. The Bertz CT molecular complexity index is 1480. The molecule has 4 rings (SSSR count). The minimum atomic E-state index is -4.74. The maximum absolute atomic E-state index is 13.8. The number of aromatic nitrogens is 3. The second kappa shape index (κ2) is 12.1. The third-order valence-electron chi connectivity index (χ3n) is 6.32. The van der Waals surface area contributed by atoms with Gasteiger partial charge in [0.25, 0.3) is 5.91 Å². The molecule has 0 spiro atoms. The van der Waals surface area contributed by atoms with E-state index in [1.807, 2.05) is 31.2 Å². The summed E-state index contributed by atoms with van der Waals surface area (Å²) < 4.78 is 68.8. The van der Waals surface area contributed by atoms with E-state index in [-0.39, 0.29) is 35.6 Å². The summed E-state index contributed by atoms with van der Waals surface area (Å²) in [6, 6.07) is 11.5. The average molecular weight is 562 g/mol. The lowest BCUT2D eigenvalue weighted by Crippen LogP contribution is -2.48. The largest absolute Gasteiger partial charge is 0.433 e. The highest BCUT2D eigenvalue weighted by molar-refractivity contribution is 5.93. The van der Waals surface area contributed by atoms with Gasteiger partial charge in [0.05, 0.1) is 12.1 Å². The Kier molecular flexibility index (Phi) is 8.79. The van der Waals surface area contributed by atoms with Crippen molar-refractivity contribution in [2.45, 2.75) is 51.6 Å². The Hall–Kier alpha value is -3.90. The van der Waals surface area contributed by atoms with Crippen LogP contribution in [0.4, 0.5) is 22.0 Å². The monoisotopic (exact) mass is 561 g/mol. The van der Waals surface area contributed by atoms with Gasteiger partial charge in [-0.25, -0.2) is 18.3 Å². The van der Waals surface area contributed by atoms with E-state index in [2.05, 4.69) is 20.7 Å².